The van der Waals surface area contributed by atoms with Crippen molar-refractivity contribution < 1.29 is 0 Å². The lowest BCUT2D eigenvalue weighted by Crippen LogP contribution is -2.21. The van der Waals surface area contributed by atoms with Crippen LogP contribution >= 0.6 is 11.6 Å². The highest BCUT2D eigenvalue weighted by Gasteiger charge is 2.22. The number of fused-ring (bicyclic) bond motifs is 2. The Morgan fingerprint density at radius 1 is 1.04 bits per heavy atom. The Balaban J connectivity index is 1.62. The third kappa shape index (κ3) is 2.70. The normalized spacial score (nSPS) is 16.3. The van der Waals surface area contributed by atoms with Gasteiger partial charge in [-0.05, 0) is 48.2 Å². The molecule has 0 spiro atoms. The first-order valence-corrected chi connectivity index (χ1v) is 8.09. The molecule has 1 heterocycles. The van der Waals surface area contributed by atoms with Crippen LogP contribution in [0.1, 0.15) is 11.1 Å². The fraction of sp³-hybridized carbons (Fsp3) is 0.222. The van der Waals surface area contributed by atoms with E-state index in [1.807, 2.05) is 37.4 Å². The summed E-state index contributed by atoms with van der Waals surface area (Å²) in [6, 6.07) is 14.4. The SMILES string of the molecule is CNc1nc(NC2Cc3ccc(Cl)cc3C2)nc2ccccc12. The first-order chi connectivity index (χ1) is 11.2. The molecule has 3 aromatic rings. The average molecular weight is 325 g/mol. The molecule has 2 N–H and O–H groups in total. The lowest BCUT2D eigenvalue weighted by atomic mass is 10.1. The Morgan fingerprint density at radius 3 is 2.74 bits per heavy atom. The van der Waals surface area contributed by atoms with Gasteiger partial charge in [0.1, 0.15) is 5.82 Å². The monoisotopic (exact) mass is 324 g/mol. The molecule has 1 aliphatic carbocycles. The van der Waals surface area contributed by atoms with E-state index in [9.17, 15) is 0 Å². The molecule has 0 amide bonds. The third-order valence-corrected chi connectivity index (χ3v) is 4.51. The Kier molecular flexibility index (Phi) is 3.54. The number of hydrogen-bond donors (Lipinski definition) is 2. The Morgan fingerprint density at radius 2 is 1.87 bits per heavy atom. The summed E-state index contributed by atoms with van der Waals surface area (Å²) in [5, 5.41) is 8.44. The predicted octanol–water partition coefficient (Wildman–Crippen LogP) is 3.90. The minimum atomic E-state index is 0.300. The van der Waals surface area contributed by atoms with Crippen molar-refractivity contribution >= 4 is 34.3 Å². The van der Waals surface area contributed by atoms with Gasteiger partial charge < -0.3 is 10.6 Å². The highest BCUT2D eigenvalue weighted by atomic mass is 35.5. The number of anilines is 2. The molecule has 4 rings (SSSR count). The summed E-state index contributed by atoms with van der Waals surface area (Å²) >= 11 is 6.08. The molecular formula is C18H17ClN4. The van der Waals surface area contributed by atoms with Crippen molar-refractivity contribution in [2.75, 3.05) is 17.7 Å². The minimum absolute atomic E-state index is 0.300. The molecule has 1 aromatic heterocycles. The maximum atomic E-state index is 6.08. The topological polar surface area (TPSA) is 49.8 Å². The number of para-hydroxylation sites is 1. The second-order valence-corrected chi connectivity index (χ2v) is 6.26. The quantitative estimate of drug-likeness (QED) is 0.767. The number of hydrogen-bond acceptors (Lipinski definition) is 4. The van der Waals surface area contributed by atoms with E-state index < -0.39 is 0 Å². The molecule has 4 nitrogen and oxygen atoms in total. The molecule has 23 heavy (non-hydrogen) atoms. The molecule has 0 radical (unpaired) electrons. The first kappa shape index (κ1) is 14.3. The van der Waals surface area contributed by atoms with Crippen molar-refractivity contribution in [3.63, 3.8) is 0 Å². The van der Waals surface area contributed by atoms with Crippen LogP contribution in [0, 0.1) is 0 Å². The van der Waals surface area contributed by atoms with Gasteiger partial charge >= 0.3 is 0 Å². The van der Waals surface area contributed by atoms with E-state index in [-0.39, 0.29) is 0 Å². The van der Waals surface area contributed by atoms with E-state index >= 15 is 0 Å². The Bertz CT molecular complexity index is 878. The third-order valence-electron chi connectivity index (χ3n) is 4.27. The summed E-state index contributed by atoms with van der Waals surface area (Å²) in [6.45, 7) is 0. The average Bonchev–Trinajstić information content (AvgIpc) is 2.95. The number of aromatic nitrogens is 2. The summed E-state index contributed by atoms with van der Waals surface area (Å²) in [5.41, 5.74) is 3.60. The van der Waals surface area contributed by atoms with Gasteiger partial charge in [-0.1, -0.05) is 29.8 Å². The molecule has 1 aliphatic rings. The number of halogens is 1. The van der Waals surface area contributed by atoms with E-state index in [1.165, 1.54) is 11.1 Å². The second kappa shape index (κ2) is 5.70. The summed E-state index contributed by atoms with van der Waals surface area (Å²) in [7, 11) is 1.88. The van der Waals surface area contributed by atoms with Gasteiger partial charge in [0.25, 0.3) is 0 Å². The standard InChI is InChI=1S/C18H17ClN4/c1-20-17-15-4-2-3-5-16(15)22-18(23-17)21-14-9-11-6-7-13(19)8-12(11)10-14/h2-8,14H,9-10H2,1H3,(H2,20,21,22,23). The molecule has 0 aliphatic heterocycles. The molecule has 116 valence electrons. The fourth-order valence-corrected chi connectivity index (χ4v) is 3.40. The lowest BCUT2D eigenvalue weighted by molar-refractivity contribution is 0.763. The van der Waals surface area contributed by atoms with Gasteiger partial charge in [-0.15, -0.1) is 0 Å². The molecule has 5 heteroatoms. The van der Waals surface area contributed by atoms with Crippen molar-refractivity contribution in [2.45, 2.75) is 18.9 Å². The van der Waals surface area contributed by atoms with Crippen LogP contribution in [0.4, 0.5) is 11.8 Å². The number of nitrogens with zero attached hydrogens (tertiary/aromatic N) is 2. The van der Waals surface area contributed by atoms with Gasteiger partial charge in [-0.3, -0.25) is 0 Å². The smallest absolute Gasteiger partial charge is 0.225 e. The summed E-state index contributed by atoms with van der Waals surface area (Å²) in [4.78, 5) is 9.24. The van der Waals surface area contributed by atoms with E-state index in [4.69, 9.17) is 11.6 Å². The van der Waals surface area contributed by atoms with Crippen molar-refractivity contribution in [3.05, 3.63) is 58.6 Å². The molecule has 0 saturated carbocycles. The van der Waals surface area contributed by atoms with Crippen LogP contribution in [-0.2, 0) is 12.8 Å². The number of benzene rings is 2. The molecule has 1 atom stereocenters. The van der Waals surface area contributed by atoms with Crippen LogP contribution in [0.15, 0.2) is 42.5 Å². The first-order valence-electron chi connectivity index (χ1n) is 7.71. The molecule has 2 aromatic carbocycles. The van der Waals surface area contributed by atoms with Crippen LogP contribution in [0.3, 0.4) is 0 Å². The highest BCUT2D eigenvalue weighted by molar-refractivity contribution is 6.30. The lowest BCUT2D eigenvalue weighted by Gasteiger charge is -2.14. The van der Waals surface area contributed by atoms with Gasteiger partial charge in [-0.2, -0.15) is 4.98 Å². The predicted molar refractivity (Wildman–Crippen MR) is 95.4 cm³/mol. The van der Waals surface area contributed by atoms with Gasteiger partial charge in [0.05, 0.1) is 5.52 Å². The van der Waals surface area contributed by atoms with Crippen LogP contribution in [-0.4, -0.2) is 23.1 Å². The molecule has 0 fully saturated rings. The van der Waals surface area contributed by atoms with Crippen LogP contribution < -0.4 is 10.6 Å². The van der Waals surface area contributed by atoms with Crippen molar-refractivity contribution in [1.29, 1.82) is 0 Å². The highest BCUT2D eigenvalue weighted by Crippen LogP contribution is 2.28. The zero-order chi connectivity index (χ0) is 15.8. The maximum absolute atomic E-state index is 6.08. The van der Waals surface area contributed by atoms with Crippen molar-refractivity contribution in [1.82, 2.24) is 9.97 Å². The zero-order valence-electron chi connectivity index (χ0n) is 12.8. The number of rotatable bonds is 3. The summed E-state index contributed by atoms with van der Waals surface area (Å²) < 4.78 is 0. The van der Waals surface area contributed by atoms with Crippen LogP contribution in [0.5, 0.6) is 0 Å². The Labute approximate surface area is 139 Å². The molecule has 0 saturated heterocycles. The van der Waals surface area contributed by atoms with Gasteiger partial charge in [-0.25, -0.2) is 4.98 Å². The fourth-order valence-electron chi connectivity index (χ4n) is 3.20. The van der Waals surface area contributed by atoms with E-state index in [0.717, 1.165) is 34.6 Å². The van der Waals surface area contributed by atoms with E-state index in [2.05, 4.69) is 32.7 Å². The zero-order valence-corrected chi connectivity index (χ0v) is 13.6. The van der Waals surface area contributed by atoms with E-state index in [0.29, 0.717) is 12.0 Å². The van der Waals surface area contributed by atoms with Crippen molar-refractivity contribution in [2.24, 2.45) is 0 Å². The van der Waals surface area contributed by atoms with Crippen LogP contribution in [0.25, 0.3) is 10.9 Å². The summed E-state index contributed by atoms with van der Waals surface area (Å²) in [6.07, 6.45) is 1.92. The van der Waals surface area contributed by atoms with Crippen molar-refractivity contribution in [3.8, 4) is 0 Å². The van der Waals surface area contributed by atoms with Gasteiger partial charge in [0.2, 0.25) is 5.95 Å². The minimum Gasteiger partial charge on any atom is -0.372 e. The number of nitrogens with one attached hydrogen (secondary N) is 2. The van der Waals surface area contributed by atoms with Gasteiger partial charge in [0, 0.05) is 23.5 Å². The molecular weight excluding hydrogens is 308 g/mol. The molecule has 1 unspecified atom stereocenters. The largest absolute Gasteiger partial charge is 0.372 e. The molecule has 0 bridgehead atoms. The Hall–Kier alpha value is -2.33. The van der Waals surface area contributed by atoms with E-state index in [1.54, 1.807) is 0 Å². The van der Waals surface area contributed by atoms with Gasteiger partial charge in [0.15, 0.2) is 0 Å². The van der Waals surface area contributed by atoms with Crippen LogP contribution in [0.2, 0.25) is 5.02 Å². The maximum Gasteiger partial charge on any atom is 0.225 e. The summed E-state index contributed by atoms with van der Waals surface area (Å²) in [5.74, 6) is 1.51. The second-order valence-electron chi connectivity index (χ2n) is 5.83.